The van der Waals surface area contributed by atoms with Gasteiger partial charge in [0.2, 0.25) is 0 Å². The summed E-state index contributed by atoms with van der Waals surface area (Å²) in [7, 11) is 0. The Hall–Kier alpha value is -0.657. The minimum Gasteiger partial charge on any atom is -0.396 e. The van der Waals surface area contributed by atoms with Crippen molar-refractivity contribution in [3.8, 4) is 0 Å². The van der Waals surface area contributed by atoms with Crippen LogP contribution in [0.25, 0.3) is 12.2 Å². The molecule has 0 heterocycles. The molecule has 1 N–H and O–H groups in total. The summed E-state index contributed by atoms with van der Waals surface area (Å²) in [4.78, 5) is -0.670. The van der Waals surface area contributed by atoms with Crippen molar-refractivity contribution in [3.05, 3.63) is 81.9 Å². The maximum Gasteiger partial charge on any atom is 0.0940 e. The van der Waals surface area contributed by atoms with Gasteiger partial charge in [0, 0.05) is 38.7 Å². The summed E-state index contributed by atoms with van der Waals surface area (Å²) >= 11 is 13.9. The quantitative estimate of drug-likeness (QED) is 0.560. The van der Waals surface area contributed by atoms with Gasteiger partial charge in [-0.15, -0.1) is 23.2 Å². The molecule has 2 aliphatic carbocycles. The molecule has 4 rings (SSSR count). The fourth-order valence-electron chi connectivity index (χ4n) is 4.15. The van der Waals surface area contributed by atoms with Crippen LogP contribution in [-0.2, 0) is 31.1 Å². The maximum atomic E-state index is 9.62. The van der Waals surface area contributed by atoms with Gasteiger partial charge in [0.05, 0.1) is 10.3 Å². The van der Waals surface area contributed by atoms with Crippen molar-refractivity contribution in [1.29, 1.82) is 0 Å². The van der Waals surface area contributed by atoms with E-state index < -0.39 is 4.87 Å². The van der Waals surface area contributed by atoms with Gasteiger partial charge in [-0.25, -0.2) is 0 Å². The summed E-state index contributed by atoms with van der Waals surface area (Å²) in [5.41, 5.74) is 6.84. The van der Waals surface area contributed by atoms with Crippen molar-refractivity contribution in [2.75, 3.05) is 6.61 Å². The molecule has 0 saturated heterocycles. The molecule has 0 bridgehead atoms. The summed E-state index contributed by atoms with van der Waals surface area (Å²) in [5, 5.41) is 9.49. The van der Waals surface area contributed by atoms with Crippen molar-refractivity contribution in [2.24, 2.45) is 5.92 Å². The van der Waals surface area contributed by atoms with Gasteiger partial charge in [0.1, 0.15) is 0 Å². The van der Waals surface area contributed by atoms with Gasteiger partial charge >= 0.3 is 0 Å². The van der Waals surface area contributed by atoms with Crippen LogP contribution in [0.1, 0.15) is 41.0 Å². The summed E-state index contributed by atoms with van der Waals surface area (Å²) in [6.07, 6.45) is 4.86. The van der Waals surface area contributed by atoms with Crippen LogP contribution < -0.4 is 0 Å². The second kappa shape index (κ2) is 7.76. The van der Waals surface area contributed by atoms with Gasteiger partial charge in [-0.05, 0) is 39.8 Å². The zero-order chi connectivity index (χ0) is 17.6. The zero-order valence-electron chi connectivity index (χ0n) is 14.5. The molecule has 0 amide bonds. The standard InChI is InChI=1S/C22H20Cl2O.Zr/c1-14(18-12-15-6-2-4-8-17(15)21(18)23)20-13-16-7-3-5-9-19(16)22(20,24)10-11-25;/h2-9,12-14,21,25H,10-11H2,1H3;. The van der Waals surface area contributed by atoms with Crippen LogP contribution in [0.15, 0.2) is 59.7 Å². The molecule has 1 nitrogen and oxygen atoms in total. The van der Waals surface area contributed by atoms with Crippen LogP contribution in [0.2, 0.25) is 0 Å². The van der Waals surface area contributed by atoms with Crippen LogP contribution in [0.5, 0.6) is 0 Å². The Bertz CT molecular complexity index is 889. The van der Waals surface area contributed by atoms with Gasteiger partial charge in [-0.3, -0.25) is 0 Å². The van der Waals surface area contributed by atoms with E-state index in [2.05, 4.69) is 43.3 Å². The van der Waals surface area contributed by atoms with E-state index in [9.17, 15) is 5.11 Å². The van der Waals surface area contributed by atoms with Crippen molar-refractivity contribution < 1.29 is 31.3 Å². The Labute approximate surface area is 183 Å². The number of aliphatic hydroxyl groups is 1. The van der Waals surface area contributed by atoms with Crippen LogP contribution >= 0.6 is 23.2 Å². The minimum atomic E-state index is -0.670. The van der Waals surface area contributed by atoms with Crippen LogP contribution in [0, 0.1) is 5.92 Å². The van der Waals surface area contributed by atoms with Crippen LogP contribution in [0.3, 0.4) is 0 Å². The number of allylic oxidation sites excluding steroid dienone is 2. The predicted molar refractivity (Wildman–Crippen MR) is 106 cm³/mol. The Morgan fingerprint density at radius 3 is 2.38 bits per heavy atom. The van der Waals surface area contributed by atoms with Crippen molar-refractivity contribution >= 4 is 35.4 Å². The van der Waals surface area contributed by atoms with Crippen LogP contribution in [0.4, 0.5) is 0 Å². The Balaban J connectivity index is 0.00000196. The van der Waals surface area contributed by atoms with Crippen LogP contribution in [-0.4, -0.2) is 11.7 Å². The van der Waals surface area contributed by atoms with Gasteiger partial charge in [-0.2, -0.15) is 0 Å². The Kier molecular flexibility index (Phi) is 6.00. The molecule has 0 spiro atoms. The Morgan fingerprint density at radius 2 is 1.69 bits per heavy atom. The number of alkyl halides is 2. The van der Waals surface area contributed by atoms with E-state index in [-0.39, 0.29) is 44.1 Å². The van der Waals surface area contributed by atoms with E-state index in [4.69, 9.17) is 23.2 Å². The second-order valence-corrected chi connectivity index (χ2v) is 7.90. The van der Waals surface area contributed by atoms with Gasteiger partial charge in [-0.1, -0.05) is 67.6 Å². The molecule has 0 saturated carbocycles. The van der Waals surface area contributed by atoms with Gasteiger partial charge < -0.3 is 5.11 Å². The number of fused-ring (bicyclic) bond motifs is 2. The molecule has 4 heteroatoms. The predicted octanol–water partition coefficient (Wildman–Crippen LogP) is 5.91. The van der Waals surface area contributed by atoms with E-state index in [1.165, 1.54) is 11.1 Å². The zero-order valence-corrected chi connectivity index (χ0v) is 18.5. The van der Waals surface area contributed by atoms with Crippen molar-refractivity contribution in [1.82, 2.24) is 0 Å². The third kappa shape index (κ3) is 3.10. The molecule has 3 atom stereocenters. The molecule has 0 radical (unpaired) electrons. The number of benzene rings is 2. The number of hydrogen-bond donors (Lipinski definition) is 1. The third-order valence-corrected chi connectivity index (χ3v) is 6.56. The molecule has 132 valence electrons. The summed E-state index contributed by atoms with van der Waals surface area (Å²) in [6.45, 7) is 2.21. The smallest absolute Gasteiger partial charge is 0.0940 e. The Morgan fingerprint density at radius 1 is 1.04 bits per heavy atom. The first kappa shape index (κ1) is 20.1. The molecule has 0 aromatic heterocycles. The van der Waals surface area contributed by atoms with E-state index >= 15 is 0 Å². The normalized spacial score (nSPS) is 24.2. The number of halogens is 2. The minimum absolute atomic E-state index is 0. The third-order valence-electron chi connectivity index (χ3n) is 5.46. The van der Waals surface area contributed by atoms with Gasteiger partial charge in [0.25, 0.3) is 0 Å². The summed E-state index contributed by atoms with van der Waals surface area (Å²) in [5.74, 6) is 0.103. The molecule has 0 fully saturated rings. The maximum absolute atomic E-state index is 9.62. The van der Waals surface area contributed by atoms with Crippen molar-refractivity contribution in [2.45, 2.75) is 23.6 Å². The fraction of sp³-hybridized carbons (Fsp3) is 0.273. The molecule has 2 aliphatic rings. The van der Waals surface area contributed by atoms with E-state index in [0.717, 1.165) is 22.3 Å². The average Bonchev–Trinajstić information content (AvgIpc) is 3.11. The van der Waals surface area contributed by atoms with E-state index in [1.54, 1.807) is 0 Å². The monoisotopic (exact) mass is 460 g/mol. The van der Waals surface area contributed by atoms with Crippen molar-refractivity contribution in [3.63, 3.8) is 0 Å². The van der Waals surface area contributed by atoms with E-state index in [0.29, 0.717) is 6.42 Å². The molecular weight excluding hydrogens is 442 g/mol. The largest absolute Gasteiger partial charge is 0.396 e. The number of rotatable bonds is 4. The van der Waals surface area contributed by atoms with E-state index in [1.807, 2.05) is 24.3 Å². The topological polar surface area (TPSA) is 20.2 Å². The fourth-order valence-corrected chi connectivity index (χ4v) is 5.08. The first-order chi connectivity index (χ1) is 12.1. The number of aliphatic hydroxyl groups excluding tert-OH is 1. The first-order valence-corrected chi connectivity index (χ1v) is 9.43. The first-order valence-electron chi connectivity index (χ1n) is 8.62. The molecule has 0 aliphatic heterocycles. The molecule has 3 unspecified atom stereocenters. The molecule has 26 heavy (non-hydrogen) atoms. The summed E-state index contributed by atoms with van der Waals surface area (Å²) < 4.78 is 0. The molecular formula is C22H20Cl2OZr. The SMILES string of the molecule is CC(C1=Cc2ccccc2C1Cl)C1=Cc2ccccc2C1(Cl)CCO.[Zr]. The second-order valence-electron chi connectivity index (χ2n) is 6.82. The van der Waals surface area contributed by atoms with Gasteiger partial charge in [0.15, 0.2) is 0 Å². The average molecular weight is 463 g/mol. The summed E-state index contributed by atoms with van der Waals surface area (Å²) in [6, 6.07) is 16.4. The number of hydrogen-bond acceptors (Lipinski definition) is 1. The molecule has 2 aromatic carbocycles. The molecule has 2 aromatic rings.